The Morgan fingerprint density at radius 1 is 0.950 bits per heavy atom. The van der Waals surface area contributed by atoms with Gasteiger partial charge in [0.1, 0.15) is 0 Å². The number of hydrogen-bond donors (Lipinski definition) is 4. The van der Waals surface area contributed by atoms with Gasteiger partial charge in [-0.3, -0.25) is 0 Å². The summed E-state index contributed by atoms with van der Waals surface area (Å²) in [5.74, 6) is 0.382. The molecule has 1 unspecified atom stereocenters. The van der Waals surface area contributed by atoms with Crippen molar-refractivity contribution in [3.05, 3.63) is 0 Å². The number of nitrogens with one attached hydrogen (secondary N) is 2. The first-order valence-electron chi connectivity index (χ1n) is 8.13. The average molecular weight is 288 g/mol. The van der Waals surface area contributed by atoms with Gasteiger partial charge >= 0.3 is 0 Å². The summed E-state index contributed by atoms with van der Waals surface area (Å²) in [6, 6.07) is 1.76. The van der Waals surface area contributed by atoms with Crippen LogP contribution in [-0.4, -0.2) is 47.6 Å². The Hall–Kier alpha value is -0.160. The molecule has 1 atom stereocenters. The van der Waals surface area contributed by atoms with Gasteiger partial charge in [0.2, 0.25) is 0 Å². The van der Waals surface area contributed by atoms with Crippen LogP contribution in [0.2, 0.25) is 0 Å². The fraction of sp³-hybridized carbons (Fsp3) is 1.00. The molecule has 4 nitrogen and oxygen atoms in total. The molecule has 122 valence electrons. The van der Waals surface area contributed by atoms with E-state index < -0.39 is 0 Å². The summed E-state index contributed by atoms with van der Waals surface area (Å²) < 4.78 is 0. The van der Waals surface area contributed by atoms with E-state index in [-0.39, 0.29) is 12.7 Å². The highest BCUT2D eigenvalue weighted by Crippen LogP contribution is 2.18. The summed E-state index contributed by atoms with van der Waals surface area (Å²) in [7, 11) is 0. The Kier molecular flexibility index (Phi) is 11.4. The Bertz CT molecular complexity index is 215. The minimum atomic E-state index is -0.0276. The summed E-state index contributed by atoms with van der Waals surface area (Å²) in [6.45, 7) is 11.8. The first-order valence-corrected chi connectivity index (χ1v) is 8.13. The normalized spacial score (nSPS) is 24.4. The van der Waals surface area contributed by atoms with E-state index in [9.17, 15) is 5.11 Å². The third kappa shape index (κ3) is 11.6. The predicted octanol–water partition coefficient (Wildman–Crippen LogP) is 1.90. The van der Waals surface area contributed by atoms with Gasteiger partial charge in [0, 0.05) is 31.3 Å². The number of hydrogen-bond acceptors (Lipinski definition) is 4. The molecule has 4 heteroatoms. The maximum absolute atomic E-state index is 9.23. The van der Waals surface area contributed by atoms with Crippen LogP contribution < -0.4 is 10.6 Å². The lowest BCUT2D eigenvalue weighted by molar-refractivity contribution is 0.115. The van der Waals surface area contributed by atoms with E-state index in [0.29, 0.717) is 24.0 Å². The molecule has 4 N–H and O–H groups in total. The van der Waals surface area contributed by atoms with Crippen LogP contribution in [0.1, 0.15) is 60.3 Å². The van der Waals surface area contributed by atoms with Crippen molar-refractivity contribution in [1.29, 1.82) is 0 Å². The van der Waals surface area contributed by atoms with Crippen LogP contribution in [0, 0.1) is 5.92 Å². The molecule has 0 aromatic rings. The van der Waals surface area contributed by atoms with Crippen LogP contribution in [0.5, 0.6) is 0 Å². The fourth-order valence-electron chi connectivity index (χ4n) is 2.22. The van der Waals surface area contributed by atoms with Gasteiger partial charge in [0.25, 0.3) is 0 Å². The van der Waals surface area contributed by atoms with Crippen LogP contribution in [0.25, 0.3) is 0 Å². The summed E-state index contributed by atoms with van der Waals surface area (Å²) in [4.78, 5) is 0. The van der Waals surface area contributed by atoms with Crippen molar-refractivity contribution in [3.63, 3.8) is 0 Å². The lowest BCUT2D eigenvalue weighted by atomic mass is 9.93. The van der Waals surface area contributed by atoms with E-state index in [1.165, 1.54) is 0 Å². The van der Waals surface area contributed by atoms with Gasteiger partial charge in [-0.25, -0.2) is 0 Å². The van der Waals surface area contributed by atoms with Gasteiger partial charge in [-0.2, -0.15) is 0 Å². The zero-order chi connectivity index (χ0) is 15.5. The highest BCUT2D eigenvalue weighted by Gasteiger charge is 2.18. The molecule has 0 aromatic carbocycles. The molecular weight excluding hydrogens is 252 g/mol. The van der Waals surface area contributed by atoms with Gasteiger partial charge < -0.3 is 20.8 Å². The maximum Gasteiger partial charge on any atom is 0.0541 e. The molecule has 0 spiro atoms. The van der Waals surface area contributed by atoms with Crippen LogP contribution >= 0.6 is 0 Å². The molecule has 0 aliphatic heterocycles. The third-order valence-corrected chi connectivity index (χ3v) is 3.45. The van der Waals surface area contributed by atoms with E-state index in [4.69, 9.17) is 5.11 Å². The minimum Gasteiger partial charge on any atom is -0.396 e. The minimum absolute atomic E-state index is 0.0276. The monoisotopic (exact) mass is 288 g/mol. The topological polar surface area (TPSA) is 64.5 Å². The van der Waals surface area contributed by atoms with E-state index in [1.807, 2.05) is 6.92 Å². The van der Waals surface area contributed by atoms with Crippen LogP contribution in [0.3, 0.4) is 0 Å². The van der Waals surface area contributed by atoms with Crippen LogP contribution in [0.4, 0.5) is 0 Å². The number of aliphatic hydroxyl groups is 2. The fourth-order valence-corrected chi connectivity index (χ4v) is 2.22. The molecule has 1 rings (SSSR count). The van der Waals surface area contributed by atoms with Gasteiger partial charge in [-0.05, 0) is 31.6 Å². The van der Waals surface area contributed by atoms with E-state index >= 15 is 0 Å². The lowest BCUT2D eigenvalue weighted by Gasteiger charge is -2.27. The van der Waals surface area contributed by atoms with Crippen molar-refractivity contribution >= 4 is 0 Å². The summed E-state index contributed by atoms with van der Waals surface area (Å²) >= 11 is 0. The molecule has 0 heterocycles. The number of aliphatic hydroxyl groups excluding tert-OH is 2. The standard InChI is InChI=1S/C9H19NO.C7H17NO/c1-7(2)10-8-3-5-9(11)6-4-8;1-6(2)8-4-7(3)5-9/h7-11H,3-6H2,1-2H3;6-9H,4-5H2,1-3H3. The number of rotatable bonds is 6. The average Bonchev–Trinajstić information content (AvgIpc) is 2.39. The molecule has 1 fully saturated rings. The smallest absolute Gasteiger partial charge is 0.0541 e. The molecule has 0 aromatic heterocycles. The summed E-state index contributed by atoms with van der Waals surface area (Å²) in [5, 5.41) is 24.6. The van der Waals surface area contributed by atoms with Gasteiger partial charge in [-0.1, -0.05) is 34.6 Å². The molecule has 0 amide bonds. The maximum atomic E-state index is 9.23. The second kappa shape index (κ2) is 11.5. The second-order valence-electron chi connectivity index (χ2n) is 6.68. The SMILES string of the molecule is CC(C)NC1CCC(O)CC1.CC(CO)CNC(C)C. The van der Waals surface area contributed by atoms with E-state index in [1.54, 1.807) is 0 Å². The van der Waals surface area contributed by atoms with Gasteiger partial charge in [0.15, 0.2) is 0 Å². The van der Waals surface area contributed by atoms with Crippen molar-refractivity contribution in [2.24, 2.45) is 5.92 Å². The first kappa shape index (κ1) is 19.8. The second-order valence-corrected chi connectivity index (χ2v) is 6.68. The third-order valence-electron chi connectivity index (χ3n) is 3.45. The van der Waals surface area contributed by atoms with Crippen molar-refractivity contribution in [2.45, 2.75) is 84.5 Å². The van der Waals surface area contributed by atoms with Crippen LogP contribution in [0.15, 0.2) is 0 Å². The molecule has 0 bridgehead atoms. The van der Waals surface area contributed by atoms with Crippen LogP contribution in [-0.2, 0) is 0 Å². The molecule has 0 radical (unpaired) electrons. The first-order chi connectivity index (χ1) is 9.35. The predicted molar refractivity (Wildman–Crippen MR) is 85.9 cm³/mol. The molecular formula is C16H36N2O2. The van der Waals surface area contributed by atoms with E-state index in [0.717, 1.165) is 32.2 Å². The quantitative estimate of drug-likeness (QED) is 0.603. The Balaban J connectivity index is 0.000000370. The molecule has 1 aliphatic rings. The zero-order valence-corrected chi connectivity index (χ0v) is 14.0. The highest BCUT2D eigenvalue weighted by atomic mass is 16.3. The molecule has 0 saturated heterocycles. The zero-order valence-electron chi connectivity index (χ0n) is 14.0. The highest BCUT2D eigenvalue weighted by molar-refractivity contribution is 4.77. The molecule has 1 saturated carbocycles. The summed E-state index contributed by atoms with van der Waals surface area (Å²) in [5.41, 5.74) is 0. The van der Waals surface area contributed by atoms with E-state index in [2.05, 4.69) is 38.3 Å². The van der Waals surface area contributed by atoms with Crippen molar-refractivity contribution in [2.75, 3.05) is 13.2 Å². The molecule has 1 aliphatic carbocycles. The Morgan fingerprint density at radius 3 is 1.90 bits per heavy atom. The Morgan fingerprint density at radius 2 is 1.50 bits per heavy atom. The largest absolute Gasteiger partial charge is 0.396 e. The molecule has 20 heavy (non-hydrogen) atoms. The summed E-state index contributed by atoms with van der Waals surface area (Å²) in [6.07, 6.45) is 4.20. The van der Waals surface area contributed by atoms with Crippen molar-refractivity contribution in [3.8, 4) is 0 Å². The van der Waals surface area contributed by atoms with Crippen molar-refractivity contribution in [1.82, 2.24) is 10.6 Å². The van der Waals surface area contributed by atoms with Crippen molar-refractivity contribution < 1.29 is 10.2 Å². The van der Waals surface area contributed by atoms with Gasteiger partial charge in [0.05, 0.1) is 6.10 Å². The lowest BCUT2D eigenvalue weighted by Crippen LogP contribution is -2.38. The Labute approximate surface area is 125 Å². The van der Waals surface area contributed by atoms with Gasteiger partial charge in [-0.15, -0.1) is 0 Å².